The summed E-state index contributed by atoms with van der Waals surface area (Å²) < 4.78 is 7.41. The molecular weight excluding hydrogens is 402 g/mol. The van der Waals surface area contributed by atoms with Crippen molar-refractivity contribution in [3.8, 4) is 17.1 Å². The van der Waals surface area contributed by atoms with Crippen LogP contribution in [0.1, 0.15) is 32.7 Å². The molecule has 0 saturated heterocycles. The van der Waals surface area contributed by atoms with Crippen molar-refractivity contribution < 1.29 is 4.74 Å². The molecule has 30 heavy (non-hydrogen) atoms. The van der Waals surface area contributed by atoms with E-state index in [2.05, 4.69) is 30.4 Å². The largest absolute Gasteiger partial charge is 0.477 e. The molecule has 0 unspecified atom stereocenters. The minimum atomic E-state index is -0.444. The number of azo groups is 1. The highest BCUT2D eigenvalue weighted by atomic mass is 32.1. The molecule has 9 nitrogen and oxygen atoms in total. The Morgan fingerprint density at radius 1 is 1.17 bits per heavy atom. The van der Waals surface area contributed by atoms with E-state index in [9.17, 15) is 4.79 Å². The molecule has 3 aromatic heterocycles. The summed E-state index contributed by atoms with van der Waals surface area (Å²) in [7, 11) is 0. The summed E-state index contributed by atoms with van der Waals surface area (Å²) in [5.74, 6) is 0.641. The molecule has 0 saturated carbocycles. The lowest BCUT2D eigenvalue weighted by atomic mass is 9.98. The first-order valence-corrected chi connectivity index (χ1v) is 10.3. The fourth-order valence-electron chi connectivity index (χ4n) is 2.76. The number of rotatable bonds is 5. The molecule has 0 spiro atoms. The number of benzene rings is 1. The van der Waals surface area contributed by atoms with E-state index in [-0.39, 0.29) is 17.0 Å². The monoisotopic (exact) mass is 423 g/mol. The van der Waals surface area contributed by atoms with Crippen molar-refractivity contribution in [2.75, 3.05) is 6.61 Å². The second-order valence-electron chi connectivity index (χ2n) is 7.57. The second kappa shape index (κ2) is 7.79. The van der Waals surface area contributed by atoms with Gasteiger partial charge >= 0.3 is 0 Å². The third-order valence-electron chi connectivity index (χ3n) is 4.21. The van der Waals surface area contributed by atoms with Crippen LogP contribution in [0.3, 0.4) is 0 Å². The zero-order chi connectivity index (χ0) is 21.3. The Kier molecular flexibility index (Phi) is 5.17. The Morgan fingerprint density at radius 2 is 1.93 bits per heavy atom. The van der Waals surface area contributed by atoms with Gasteiger partial charge in [0.25, 0.3) is 10.7 Å². The van der Waals surface area contributed by atoms with Gasteiger partial charge in [0.05, 0.1) is 12.3 Å². The predicted octanol–water partition coefficient (Wildman–Crippen LogP) is 4.65. The van der Waals surface area contributed by atoms with Crippen LogP contribution in [0.5, 0.6) is 5.88 Å². The summed E-state index contributed by atoms with van der Waals surface area (Å²) in [4.78, 5) is 19.9. The highest BCUT2D eigenvalue weighted by molar-refractivity contribution is 7.15. The van der Waals surface area contributed by atoms with Crippen LogP contribution < -0.4 is 10.3 Å². The van der Waals surface area contributed by atoms with Crippen LogP contribution in [0.25, 0.3) is 17.0 Å². The van der Waals surface area contributed by atoms with Crippen LogP contribution in [0.2, 0.25) is 0 Å². The maximum atomic E-state index is 12.7. The normalized spacial score (nSPS) is 12.1. The van der Waals surface area contributed by atoms with Gasteiger partial charge in [-0.2, -0.15) is 0 Å². The summed E-state index contributed by atoms with van der Waals surface area (Å²) in [6.45, 7) is 8.33. The number of aromatic amines is 1. The Bertz CT molecular complexity index is 1270. The summed E-state index contributed by atoms with van der Waals surface area (Å²) in [6, 6.07) is 9.69. The minimum absolute atomic E-state index is 0.0499. The van der Waals surface area contributed by atoms with Gasteiger partial charge in [0, 0.05) is 17.2 Å². The standard InChI is InChI=1S/C20H21N7O2S/c1-5-29-16-14(23-25-19-26-24-17(30-19)20(2,3)4)15(28)22-18-21-13(11-27(16)18)12-9-7-6-8-10-12/h6-11H,5H2,1-4H3,(H,21,22,28)/b25-23+. The molecule has 1 aromatic carbocycles. The zero-order valence-corrected chi connectivity index (χ0v) is 17.9. The maximum absolute atomic E-state index is 12.7. The number of imidazole rings is 1. The molecule has 1 N–H and O–H groups in total. The average Bonchev–Trinajstić information content (AvgIpc) is 3.35. The lowest BCUT2D eigenvalue weighted by molar-refractivity contribution is 0.323. The molecule has 0 fully saturated rings. The van der Waals surface area contributed by atoms with Crippen molar-refractivity contribution in [3.63, 3.8) is 0 Å². The summed E-state index contributed by atoms with van der Waals surface area (Å²) in [5, 5.41) is 17.7. The highest BCUT2D eigenvalue weighted by Crippen LogP contribution is 2.32. The van der Waals surface area contributed by atoms with Gasteiger partial charge in [-0.1, -0.05) is 62.4 Å². The predicted molar refractivity (Wildman–Crippen MR) is 115 cm³/mol. The van der Waals surface area contributed by atoms with Crippen molar-refractivity contribution in [1.82, 2.24) is 24.6 Å². The first-order valence-electron chi connectivity index (χ1n) is 9.46. The number of hydrogen-bond acceptors (Lipinski definition) is 8. The first kappa shape index (κ1) is 19.9. The summed E-state index contributed by atoms with van der Waals surface area (Å²) in [6.07, 6.45) is 1.80. The summed E-state index contributed by atoms with van der Waals surface area (Å²) >= 11 is 1.33. The van der Waals surface area contributed by atoms with E-state index in [1.54, 1.807) is 10.6 Å². The van der Waals surface area contributed by atoms with Crippen molar-refractivity contribution in [3.05, 3.63) is 51.9 Å². The van der Waals surface area contributed by atoms with Crippen LogP contribution in [-0.4, -0.2) is 31.2 Å². The number of hydrogen-bond donors (Lipinski definition) is 1. The van der Waals surface area contributed by atoms with E-state index in [0.717, 1.165) is 10.6 Å². The van der Waals surface area contributed by atoms with Crippen molar-refractivity contribution in [1.29, 1.82) is 0 Å². The SMILES string of the molecule is CCOc1c(/N=N/c2nnc(C(C)(C)C)s2)c(=O)[nH]c2nc(-c3ccccc3)cn12. The van der Waals surface area contributed by atoms with Crippen molar-refractivity contribution in [2.24, 2.45) is 10.2 Å². The van der Waals surface area contributed by atoms with Crippen LogP contribution in [0.15, 0.2) is 51.6 Å². The summed E-state index contributed by atoms with van der Waals surface area (Å²) in [5.41, 5.74) is 1.11. The Balaban J connectivity index is 1.79. The molecule has 10 heteroatoms. The van der Waals surface area contributed by atoms with E-state index in [0.29, 0.717) is 23.2 Å². The van der Waals surface area contributed by atoms with Gasteiger partial charge in [-0.25, -0.2) is 4.98 Å². The minimum Gasteiger partial charge on any atom is -0.477 e. The third-order valence-corrected chi connectivity index (χ3v) is 5.44. The van der Waals surface area contributed by atoms with Crippen LogP contribution in [0.4, 0.5) is 10.8 Å². The number of H-pyrrole nitrogens is 1. The number of nitrogens with one attached hydrogen (secondary N) is 1. The number of ether oxygens (including phenoxy) is 1. The smallest absolute Gasteiger partial charge is 0.284 e. The molecule has 4 rings (SSSR count). The molecule has 0 aliphatic carbocycles. The zero-order valence-electron chi connectivity index (χ0n) is 17.1. The molecule has 0 aliphatic heterocycles. The van der Waals surface area contributed by atoms with Crippen molar-refractivity contribution in [2.45, 2.75) is 33.1 Å². The molecule has 4 aromatic rings. The Morgan fingerprint density at radius 3 is 2.60 bits per heavy atom. The first-order chi connectivity index (χ1) is 14.4. The molecule has 0 radical (unpaired) electrons. The van der Waals surface area contributed by atoms with Crippen LogP contribution >= 0.6 is 11.3 Å². The van der Waals surface area contributed by atoms with Gasteiger partial charge in [-0.05, 0) is 6.92 Å². The molecule has 3 heterocycles. The number of aromatic nitrogens is 5. The van der Waals surface area contributed by atoms with Gasteiger partial charge in [0.15, 0.2) is 0 Å². The highest BCUT2D eigenvalue weighted by Gasteiger charge is 2.20. The number of nitrogens with zero attached hydrogens (tertiary/aromatic N) is 6. The van der Waals surface area contributed by atoms with E-state index >= 15 is 0 Å². The van der Waals surface area contributed by atoms with E-state index < -0.39 is 5.56 Å². The molecule has 154 valence electrons. The van der Waals surface area contributed by atoms with E-state index in [4.69, 9.17) is 4.74 Å². The lowest BCUT2D eigenvalue weighted by Crippen LogP contribution is -2.12. The van der Waals surface area contributed by atoms with E-state index in [1.807, 2.05) is 58.0 Å². The van der Waals surface area contributed by atoms with Crippen molar-refractivity contribution >= 4 is 27.9 Å². The fraction of sp³-hybridized carbons (Fsp3) is 0.300. The van der Waals surface area contributed by atoms with Gasteiger partial charge in [0.1, 0.15) is 5.01 Å². The Hall–Kier alpha value is -3.40. The van der Waals surface area contributed by atoms with Crippen LogP contribution in [-0.2, 0) is 5.41 Å². The molecule has 0 bridgehead atoms. The lowest BCUT2D eigenvalue weighted by Gasteiger charge is -2.11. The van der Waals surface area contributed by atoms with Gasteiger partial charge in [0.2, 0.25) is 17.3 Å². The molecular formula is C20H21N7O2S. The molecule has 0 amide bonds. The van der Waals surface area contributed by atoms with Gasteiger partial charge in [-0.15, -0.1) is 20.4 Å². The number of fused-ring (bicyclic) bond motifs is 1. The molecule has 0 aliphatic rings. The topological polar surface area (TPSA) is 110 Å². The average molecular weight is 424 g/mol. The second-order valence-corrected chi connectivity index (χ2v) is 8.52. The fourth-order valence-corrected chi connectivity index (χ4v) is 3.48. The third kappa shape index (κ3) is 3.86. The Labute approximate surface area is 176 Å². The van der Waals surface area contributed by atoms with Gasteiger partial charge < -0.3 is 4.74 Å². The quantitative estimate of drug-likeness (QED) is 0.470. The molecule has 0 atom stereocenters. The van der Waals surface area contributed by atoms with Gasteiger partial charge in [-0.3, -0.25) is 14.2 Å². The van der Waals surface area contributed by atoms with E-state index in [1.165, 1.54) is 11.3 Å². The van der Waals surface area contributed by atoms with Crippen LogP contribution in [0, 0.1) is 0 Å². The maximum Gasteiger partial charge on any atom is 0.284 e.